The lowest BCUT2D eigenvalue weighted by Crippen LogP contribution is -2.14. The number of nitrogens with zero attached hydrogens (tertiary/aromatic N) is 2. The van der Waals surface area contributed by atoms with E-state index in [4.69, 9.17) is 0 Å². The molecule has 0 spiro atoms. The number of anilines is 1. The molecule has 2 heterocycles. The summed E-state index contributed by atoms with van der Waals surface area (Å²) < 4.78 is 1.02. The van der Waals surface area contributed by atoms with Gasteiger partial charge < -0.3 is 5.32 Å². The Morgan fingerprint density at radius 2 is 1.77 bits per heavy atom. The van der Waals surface area contributed by atoms with E-state index in [1.165, 1.54) is 18.7 Å². The van der Waals surface area contributed by atoms with Gasteiger partial charge in [-0.25, -0.2) is 9.97 Å². The maximum Gasteiger partial charge on any atom is 0.221 e. The van der Waals surface area contributed by atoms with Crippen LogP contribution < -0.4 is 5.32 Å². The second kappa shape index (κ2) is 9.30. The lowest BCUT2D eigenvalue weighted by Gasteiger charge is -2.12. The summed E-state index contributed by atoms with van der Waals surface area (Å²) in [6, 6.07) is 15.1. The Labute approximate surface area is 196 Å². The Bertz CT molecular complexity index is 1250. The van der Waals surface area contributed by atoms with Gasteiger partial charge in [-0.1, -0.05) is 39.8 Å². The molecule has 0 saturated carbocycles. The van der Waals surface area contributed by atoms with Crippen molar-refractivity contribution in [2.75, 3.05) is 5.32 Å². The van der Waals surface area contributed by atoms with Crippen molar-refractivity contribution in [2.24, 2.45) is 0 Å². The molecule has 0 bridgehead atoms. The predicted molar refractivity (Wildman–Crippen MR) is 131 cm³/mol. The van der Waals surface area contributed by atoms with Crippen LogP contribution in [0.5, 0.6) is 0 Å². The van der Waals surface area contributed by atoms with E-state index in [-0.39, 0.29) is 16.9 Å². The van der Waals surface area contributed by atoms with Crippen LogP contribution in [0.1, 0.15) is 24.2 Å². The second-order valence-electron chi connectivity index (χ2n) is 6.90. The number of ketones is 1. The van der Waals surface area contributed by atoms with E-state index in [1.54, 1.807) is 41.9 Å². The number of fused-ring (bicyclic) bond motifs is 1. The van der Waals surface area contributed by atoms with Gasteiger partial charge in [0.15, 0.2) is 5.78 Å². The minimum Gasteiger partial charge on any atom is -0.326 e. The van der Waals surface area contributed by atoms with E-state index < -0.39 is 0 Å². The molecule has 1 amide bonds. The summed E-state index contributed by atoms with van der Waals surface area (Å²) in [6.45, 7) is 3.33. The Morgan fingerprint density at radius 3 is 2.45 bits per heavy atom. The van der Waals surface area contributed by atoms with E-state index in [2.05, 4.69) is 48.7 Å². The fourth-order valence-electron chi connectivity index (χ4n) is 3.16. The molecule has 1 N–H and O–H groups in total. The van der Waals surface area contributed by atoms with Crippen LogP contribution in [-0.2, 0) is 4.79 Å². The maximum absolute atomic E-state index is 13.0. The first-order chi connectivity index (χ1) is 14.9. The Hall–Kier alpha value is -2.55. The van der Waals surface area contributed by atoms with Gasteiger partial charge in [0.05, 0.1) is 10.6 Å². The summed E-state index contributed by atoms with van der Waals surface area (Å²) in [5.41, 5.74) is 3.41. The topological polar surface area (TPSA) is 72.0 Å². The highest BCUT2D eigenvalue weighted by atomic mass is 79.9. The number of carbonyl (C=O) groups excluding carboxylic acids is 2. The number of hydrogen-bond donors (Lipinski definition) is 1. The Kier molecular flexibility index (Phi) is 6.50. The van der Waals surface area contributed by atoms with E-state index in [0.29, 0.717) is 11.3 Å². The van der Waals surface area contributed by atoms with Gasteiger partial charge in [-0.2, -0.15) is 0 Å². The normalized spacial score (nSPS) is 12.0. The minimum absolute atomic E-state index is 0.00607. The molecular formula is C23H18BrN3O2S2. The van der Waals surface area contributed by atoms with E-state index in [0.717, 1.165) is 30.8 Å². The number of rotatable bonds is 6. The number of amides is 1. The minimum atomic E-state index is -0.331. The molecule has 1 unspecified atom stereocenters. The Balaban J connectivity index is 1.60. The summed E-state index contributed by atoms with van der Waals surface area (Å²) in [7, 11) is 0. The molecule has 0 aliphatic rings. The zero-order valence-electron chi connectivity index (χ0n) is 16.8. The molecule has 0 saturated heterocycles. The quantitative estimate of drug-likeness (QED) is 0.183. The highest BCUT2D eigenvalue weighted by Gasteiger charge is 2.21. The second-order valence-corrected chi connectivity index (χ2v) is 10.0. The van der Waals surface area contributed by atoms with E-state index in [1.807, 2.05) is 19.1 Å². The molecule has 5 nitrogen and oxygen atoms in total. The van der Waals surface area contributed by atoms with Gasteiger partial charge in [-0.3, -0.25) is 9.59 Å². The maximum atomic E-state index is 13.0. The van der Waals surface area contributed by atoms with E-state index >= 15 is 0 Å². The van der Waals surface area contributed by atoms with Gasteiger partial charge in [0.2, 0.25) is 5.91 Å². The molecule has 4 rings (SSSR count). The first kappa shape index (κ1) is 21.7. The molecule has 4 aromatic rings. The highest BCUT2D eigenvalue weighted by Crippen LogP contribution is 2.39. The van der Waals surface area contributed by atoms with Crippen molar-refractivity contribution >= 4 is 66.6 Å². The van der Waals surface area contributed by atoms with Crippen LogP contribution in [0, 0.1) is 0 Å². The Morgan fingerprint density at radius 1 is 1.06 bits per heavy atom. The standard InChI is InChI=1S/C23H18BrN3O2S2/c1-13(21(29)16-5-9-18(10-6-16)27-14(2)28)31-23-20-19(11-30-22(20)25-12-26-23)15-3-7-17(24)8-4-15/h3-13H,1-2H3,(H,27,28). The summed E-state index contributed by atoms with van der Waals surface area (Å²) in [4.78, 5) is 34.0. The molecule has 8 heteroatoms. The molecule has 2 aromatic heterocycles. The van der Waals surface area contributed by atoms with Crippen LogP contribution in [0.15, 0.2) is 69.7 Å². The van der Waals surface area contributed by atoms with Crippen molar-refractivity contribution in [2.45, 2.75) is 24.1 Å². The van der Waals surface area contributed by atoms with Crippen molar-refractivity contribution in [3.05, 3.63) is 70.3 Å². The van der Waals surface area contributed by atoms with Crippen LogP contribution in [0.3, 0.4) is 0 Å². The number of thiophene rings is 1. The van der Waals surface area contributed by atoms with Gasteiger partial charge in [-0.05, 0) is 48.9 Å². The van der Waals surface area contributed by atoms with Gasteiger partial charge in [0.25, 0.3) is 0 Å². The third kappa shape index (κ3) is 4.87. The SMILES string of the molecule is CC(=O)Nc1ccc(C(=O)C(C)Sc2ncnc3scc(-c4ccc(Br)cc4)c23)cc1. The van der Waals surface area contributed by atoms with Crippen LogP contribution >= 0.6 is 39.0 Å². The van der Waals surface area contributed by atoms with Crippen molar-refractivity contribution < 1.29 is 9.59 Å². The average molecular weight is 512 g/mol. The fraction of sp³-hybridized carbons (Fsp3) is 0.130. The molecule has 1 atom stereocenters. The molecule has 0 radical (unpaired) electrons. The van der Waals surface area contributed by atoms with Gasteiger partial charge in [0, 0.05) is 33.6 Å². The molecular weight excluding hydrogens is 494 g/mol. The van der Waals surface area contributed by atoms with E-state index in [9.17, 15) is 9.59 Å². The summed E-state index contributed by atoms with van der Waals surface area (Å²) >= 11 is 6.48. The summed E-state index contributed by atoms with van der Waals surface area (Å²) in [6.07, 6.45) is 1.55. The van der Waals surface area contributed by atoms with Crippen molar-refractivity contribution in [3.63, 3.8) is 0 Å². The fourth-order valence-corrected chi connectivity index (χ4v) is 5.41. The number of halogens is 1. The number of thioether (sulfide) groups is 1. The first-order valence-corrected chi connectivity index (χ1v) is 12.0. The molecule has 0 fully saturated rings. The zero-order valence-corrected chi connectivity index (χ0v) is 20.0. The molecule has 0 aliphatic heterocycles. The number of Topliss-reactive ketones (excluding diaryl/α,β-unsaturated/α-hetero) is 1. The van der Waals surface area contributed by atoms with Crippen LogP contribution in [-0.4, -0.2) is 26.9 Å². The number of nitrogens with one attached hydrogen (secondary N) is 1. The van der Waals surface area contributed by atoms with Crippen molar-refractivity contribution in [1.82, 2.24) is 9.97 Å². The van der Waals surface area contributed by atoms with Gasteiger partial charge in [0.1, 0.15) is 16.2 Å². The lowest BCUT2D eigenvalue weighted by atomic mass is 10.1. The number of hydrogen-bond acceptors (Lipinski definition) is 6. The molecule has 31 heavy (non-hydrogen) atoms. The van der Waals surface area contributed by atoms with Crippen LogP contribution in [0.4, 0.5) is 5.69 Å². The summed E-state index contributed by atoms with van der Waals surface area (Å²) in [5, 5.41) is 6.22. The smallest absolute Gasteiger partial charge is 0.221 e. The average Bonchev–Trinajstić information content (AvgIpc) is 3.19. The van der Waals surface area contributed by atoms with Gasteiger partial charge >= 0.3 is 0 Å². The van der Waals surface area contributed by atoms with Crippen LogP contribution in [0.2, 0.25) is 0 Å². The zero-order chi connectivity index (χ0) is 22.0. The third-order valence-corrected chi connectivity index (χ3v) is 7.15. The first-order valence-electron chi connectivity index (χ1n) is 9.49. The van der Waals surface area contributed by atoms with Crippen LogP contribution in [0.25, 0.3) is 21.3 Å². The molecule has 2 aromatic carbocycles. The number of aromatic nitrogens is 2. The predicted octanol–water partition coefficient (Wildman–Crippen LogP) is 6.44. The van der Waals surface area contributed by atoms with Crippen molar-refractivity contribution in [3.8, 4) is 11.1 Å². The highest BCUT2D eigenvalue weighted by molar-refractivity contribution is 9.10. The lowest BCUT2D eigenvalue weighted by molar-refractivity contribution is -0.114. The molecule has 0 aliphatic carbocycles. The molecule has 156 valence electrons. The summed E-state index contributed by atoms with van der Waals surface area (Å²) in [5.74, 6) is -0.139. The largest absolute Gasteiger partial charge is 0.326 e. The number of carbonyl (C=O) groups is 2. The monoisotopic (exact) mass is 511 g/mol. The van der Waals surface area contributed by atoms with Gasteiger partial charge in [-0.15, -0.1) is 11.3 Å². The van der Waals surface area contributed by atoms with Crippen molar-refractivity contribution in [1.29, 1.82) is 0 Å². The third-order valence-electron chi connectivity index (χ3n) is 4.64. The number of benzene rings is 2.